The summed E-state index contributed by atoms with van der Waals surface area (Å²) in [6.07, 6.45) is 2.49. The summed E-state index contributed by atoms with van der Waals surface area (Å²) >= 11 is 0. The molecule has 1 aromatic heterocycles. The summed E-state index contributed by atoms with van der Waals surface area (Å²) in [6.45, 7) is 4.81. The number of para-hydroxylation sites is 1. The van der Waals surface area contributed by atoms with Gasteiger partial charge in [-0.2, -0.15) is 5.10 Å². The zero-order valence-electron chi connectivity index (χ0n) is 11.8. The smallest absolute Gasteiger partial charge is 0.165 e. The van der Waals surface area contributed by atoms with Gasteiger partial charge in [-0.05, 0) is 44.5 Å². The molecule has 2 rings (SSSR count). The zero-order chi connectivity index (χ0) is 14.5. The van der Waals surface area contributed by atoms with E-state index in [-0.39, 0.29) is 18.2 Å². The van der Waals surface area contributed by atoms with E-state index in [1.807, 2.05) is 36.9 Å². The number of nitrogens with zero attached hydrogens (tertiary/aromatic N) is 2. The first kappa shape index (κ1) is 14.5. The summed E-state index contributed by atoms with van der Waals surface area (Å²) in [4.78, 5) is 0. The summed E-state index contributed by atoms with van der Waals surface area (Å²) in [5, 5.41) is 4.37. The van der Waals surface area contributed by atoms with E-state index in [2.05, 4.69) is 5.10 Å². The molecule has 0 radical (unpaired) electrons. The standard InChI is InChI=1S/C15H20FN3O/c1-11(2)19-9-7-13(18-19)10-20-15-12(6-8-17)4-3-5-14(15)16/h3-5,7,9,11H,6,8,10,17H2,1-2H3. The van der Waals surface area contributed by atoms with Gasteiger partial charge in [-0.15, -0.1) is 0 Å². The predicted octanol–water partition coefficient (Wildman–Crippen LogP) is 2.68. The molecule has 0 aliphatic rings. The third-order valence-corrected chi connectivity index (χ3v) is 3.02. The van der Waals surface area contributed by atoms with Gasteiger partial charge >= 0.3 is 0 Å². The highest BCUT2D eigenvalue weighted by Crippen LogP contribution is 2.24. The van der Waals surface area contributed by atoms with Gasteiger partial charge in [-0.25, -0.2) is 4.39 Å². The highest BCUT2D eigenvalue weighted by molar-refractivity contribution is 5.35. The van der Waals surface area contributed by atoms with E-state index >= 15 is 0 Å². The number of rotatable bonds is 6. The highest BCUT2D eigenvalue weighted by Gasteiger charge is 2.10. The molecule has 1 heterocycles. The Morgan fingerprint density at radius 3 is 2.80 bits per heavy atom. The molecule has 0 aliphatic heterocycles. The van der Waals surface area contributed by atoms with Crippen LogP contribution in [0.1, 0.15) is 31.1 Å². The molecule has 2 N–H and O–H groups in total. The van der Waals surface area contributed by atoms with Crippen LogP contribution in [0.5, 0.6) is 5.75 Å². The molecule has 0 saturated carbocycles. The van der Waals surface area contributed by atoms with Crippen LogP contribution in [0.2, 0.25) is 0 Å². The Bertz CT molecular complexity index is 566. The van der Waals surface area contributed by atoms with Gasteiger partial charge in [0.15, 0.2) is 11.6 Å². The van der Waals surface area contributed by atoms with Crippen LogP contribution in [0.3, 0.4) is 0 Å². The minimum absolute atomic E-state index is 0.248. The lowest BCUT2D eigenvalue weighted by Gasteiger charge is -2.11. The third kappa shape index (κ3) is 3.36. The molecule has 0 atom stereocenters. The van der Waals surface area contributed by atoms with Crippen molar-refractivity contribution in [2.24, 2.45) is 5.73 Å². The molecule has 0 unspecified atom stereocenters. The summed E-state index contributed by atoms with van der Waals surface area (Å²) in [6, 6.07) is 7.06. The fourth-order valence-electron chi connectivity index (χ4n) is 1.96. The Balaban J connectivity index is 2.09. The molecule has 0 amide bonds. The van der Waals surface area contributed by atoms with Crippen molar-refractivity contribution in [2.45, 2.75) is 32.9 Å². The molecule has 0 bridgehead atoms. The third-order valence-electron chi connectivity index (χ3n) is 3.02. The zero-order valence-corrected chi connectivity index (χ0v) is 11.8. The maximum Gasteiger partial charge on any atom is 0.165 e. The Hall–Kier alpha value is -1.88. The SMILES string of the molecule is CC(C)n1ccc(COc2c(F)cccc2CCN)n1. The molecule has 2 aromatic rings. The van der Waals surface area contributed by atoms with E-state index in [0.29, 0.717) is 19.0 Å². The monoisotopic (exact) mass is 277 g/mol. The van der Waals surface area contributed by atoms with Gasteiger partial charge < -0.3 is 10.5 Å². The maximum atomic E-state index is 13.8. The topological polar surface area (TPSA) is 53.1 Å². The largest absolute Gasteiger partial charge is 0.484 e. The number of hydrogen-bond acceptors (Lipinski definition) is 3. The van der Waals surface area contributed by atoms with Crippen LogP contribution >= 0.6 is 0 Å². The van der Waals surface area contributed by atoms with Crippen LogP contribution in [-0.2, 0) is 13.0 Å². The first-order chi connectivity index (χ1) is 9.61. The predicted molar refractivity (Wildman–Crippen MR) is 76.1 cm³/mol. The summed E-state index contributed by atoms with van der Waals surface area (Å²) in [5.41, 5.74) is 7.10. The second kappa shape index (κ2) is 6.52. The average Bonchev–Trinajstić information content (AvgIpc) is 2.87. The second-order valence-corrected chi connectivity index (χ2v) is 4.94. The van der Waals surface area contributed by atoms with Crippen LogP contribution < -0.4 is 10.5 Å². The normalized spacial score (nSPS) is 11.1. The van der Waals surface area contributed by atoms with Crippen molar-refractivity contribution < 1.29 is 9.13 Å². The molecule has 0 saturated heterocycles. The number of benzene rings is 1. The van der Waals surface area contributed by atoms with Crippen LogP contribution in [0, 0.1) is 5.82 Å². The lowest BCUT2D eigenvalue weighted by molar-refractivity contribution is 0.280. The lowest BCUT2D eigenvalue weighted by Crippen LogP contribution is -2.07. The summed E-state index contributed by atoms with van der Waals surface area (Å²) in [5.74, 6) is -0.0868. The number of aromatic nitrogens is 2. The second-order valence-electron chi connectivity index (χ2n) is 4.94. The number of hydrogen-bond donors (Lipinski definition) is 1. The first-order valence-electron chi connectivity index (χ1n) is 6.76. The van der Waals surface area contributed by atoms with Crippen molar-refractivity contribution in [3.05, 3.63) is 47.5 Å². The lowest BCUT2D eigenvalue weighted by atomic mass is 10.1. The van der Waals surface area contributed by atoms with Gasteiger partial charge in [-0.3, -0.25) is 4.68 Å². The number of halogens is 1. The Morgan fingerprint density at radius 1 is 1.35 bits per heavy atom. The van der Waals surface area contributed by atoms with Crippen molar-refractivity contribution in [1.29, 1.82) is 0 Å². The van der Waals surface area contributed by atoms with Gasteiger partial charge in [0.25, 0.3) is 0 Å². The summed E-state index contributed by atoms with van der Waals surface area (Å²) in [7, 11) is 0. The molecule has 108 valence electrons. The van der Waals surface area contributed by atoms with Gasteiger partial charge in [0.1, 0.15) is 6.61 Å². The summed E-state index contributed by atoms with van der Waals surface area (Å²) < 4.78 is 21.3. The average molecular weight is 277 g/mol. The van der Waals surface area contributed by atoms with E-state index in [4.69, 9.17) is 10.5 Å². The first-order valence-corrected chi connectivity index (χ1v) is 6.76. The molecule has 0 aliphatic carbocycles. The minimum atomic E-state index is -0.362. The Morgan fingerprint density at radius 2 is 2.15 bits per heavy atom. The van der Waals surface area contributed by atoms with E-state index in [1.54, 1.807) is 6.07 Å². The van der Waals surface area contributed by atoms with Gasteiger partial charge in [0, 0.05) is 12.2 Å². The molecular formula is C15H20FN3O. The number of ether oxygens (including phenoxy) is 1. The van der Waals surface area contributed by atoms with Crippen molar-refractivity contribution in [3.8, 4) is 5.75 Å². The molecule has 0 spiro atoms. The molecule has 5 heteroatoms. The molecule has 4 nitrogen and oxygen atoms in total. The van der Waals surface area contributed by atoms with Crippen molar-refractivity contribution in [2.75, 3.05) is 6.54 Å². The van der Waals surface area contributed by atoms with Crippen molar-refractivity contribution in [1.82, 2.24) is 9.78 Å². The van der Waals surface area contributed by atoms with Crippen LogP contribution in [0.25, 0.3) is 0 Å². The molecule has 1 aromatic carbocycles. The van der Waals surface area contributed by atoms with E-state index < -0.39 is 0 Å². The van der Waals surface area contributed by atoms with Crippen molar-refractivity contribution >= 4 is 0 Å². The molecular weight excluding hydrogens is 257 g/mol. The van der Waals surface area contributed by atoms with Gasteiger partial charge in [-0.1, -0.05) is 12.1 Å². The van der Waals surface area contributed by atoms with Gasteiger partial charge in [0.2, 0.25) is 0 Å². The van der Waals surface area contributed by atoms with Crippen LogP contribution in [0.15, 0.2) is 30.5 Å². The molecule has 0 fully saturated rings. The van der Waals surface area contributed by atoms with Crippen LogP contribution in [0.4, 0.5) is 4.39 Å². The number of nitrogens with two attached hydrogens (primary N) is 1. The van der Waals surface area contributed by atoms with Crippen LogP contribution in [-0.4, -0.2) is 16.3 Å². The quantitative estimate of drug-likeness (QED) is 0.883. The Kier molecular flexibility index (Phi) is 4.74. The fourth-order valence-corrected chi connectivity index (χ4v) is 1.96. The fraction of sp³-hybridized carbons (Fsp3) is 0.400. The highest BCUT2D eigenvalue weighted by atomic mass is 19.1. The molecule has 20 heavy (non-hydrogen) atoms. The van der Waals surface area contributed by atoms with E-state index in [0.717, 1.165) is 11.3 Å². The maximum absolute atomic E-state index is 13.8. The van der Waals surface area contributed by atoms with E-state index in [9.17, 15) is 4.39 Å². The van der Waals surface area contributed by atoms with Gasteiger partial charge in [0.05, 0.1) is 5.69 Å². The minimum Gasteiger partial charge on any atom is -0.484 e. The Labute approximate surface area is 118 Å². The van der Waals surface area contributed by atoms with Crippen molar-refractivity contribution in [3.63, 3.8) is 0 Å². The van der Waals surface area contributed by atoms with E-state index in [1.165, 1.54) is 6.07 Å².